The molecule has 30 heavy (non-hydrogen) atoms. The van der Waals surface area contributed by atoms with Gasteiger partial charge in [-0.25, -0.2) is 0 Å². The van der Waals surface area contributed by atoms with Crippen LogP contribution in [0, 0.1) is 5.41 Å². The summed E-state index contributed by atoms with van der Waals surface area (Å²) in [6.45, 7) is 9.66. The molecule has 2 amide bonds. The normalized spacial score (nSPS) is 17.5. The van der Waals surface area contributed by atoms with E-state index in [2.05, 4.69) is 26.1 Å². The number of benzene rings is 1. The summed E-state index contributed by atoms with van der Waals surface area (Å²) in [6, 6.07) is 5.75. The van der Waals surface area contributed by atoms with Crippen molar-refractivity contribution >= 4 is 34.8 Å². The summed E-state index contributed by atoms with van der Waals surface area (Å²) in [5.74, 6) is -0.133. The fraction of sp³-hybridized carbons (Fsp3) is 0.652. The SMILES string of the molecule is C[C@@H](Cl)C(=O)Nc1ccc(N(C)C)c(CN(C[C@@H]2CCCO2)C(=O)CC(C)(C)C)c1. The molecule has 2 atom stereocenters. The van der Waals surface area contributed by atoms with Crippen molar-refractivity contribution in [3.05, 3.63) is 23.8 Å². The van der Waals surface area contributed by atoms with Crippen LogP contribution >= 0.6 is 11.6 Å². The highest BCUT2D eigenvalue weighted by molar-refractivity contribution is 6.32. The van der Waals surface area contributed by atoms with E-state index in [0.29, 0.717) is 25.2 Å². The Morgan fingerprint density at radius 2 is 2.00 bits per heavy atom. The van der Waals surface area contributed by atoms with Crippen molar-refractivity contribution in [3.8, 4) is 0 Å². The predicted molar refractivity (Wildman–Crippen MR) is 123 cm³/mol. The van der Waals surface area contributed by atoms with Crippen LogP contribution in [0.25, 0.3) is 0 Å². The monoisotopic (exact) mass is 437 g/mol. The van der Waals surface area contributed by atoms with E-state index < -0.39 is 5.38 Å². The molecule has 1 aliphatic heterocycles. The van der Waals surface area contributed by atoms with Crippen molar-refractivity contribution in [2.24, 2.45) is 5.41 Å². The maximum absolute atomic E-state index is 13.2. The van der Waals surface area contributed by atoms with E-state index >= 15 is 0 Å². The maximum Gasteiger partial charge on any atom is 0.242 e. The molecule has 1 aromatic rings. The average molecular weight is 438 g/mol. The Bertz CT molecular complexity index is 738. The van der Waals surface area contributed by atoms with E-state index in [1.165, 1.54) is 0 Å². The maximum atomic E-state index is 13.2. The number of rotatable bonds is 8. The second kappa shape index (κ2) is 10.5. The Labute approximate surface area is 185 Å². The number of hydrogen-bond acceptors (Lipinski definition) is 4. The quantitative estimate of drug-likeness (QED) is 0.617. The molecule has 1 saturated heterocycles. The molecule has 1 N–H and O–H groups in total. The van der Waals surface area contributed by atoms with Gasteiger partial charge in [0.2, 0.25) is 11.8 Å². The number of nitrogens with zero attached hydrogens (tertiary/aromatic N) is 2. The van der Waals surface area contributed by atoms with Crippen LogP contribution in [0.15, 0.2) is 18.2 Å². The van der Waals surface area contributed by atoms with Crippen LogP contribution < -0.4 is 10.2 Å². The zero-order valence-electron chi connectivity index (χ0n) is 19.1. The lowest BCUT2D eigenvalue weighted by Crippen LogP contribution is -2.38. The van der Waals surface area contributed by atoms with Crippen LogP contribution in [0.2, 0.25) is 0 Å². The molecule has 0 bridgehead atoms. The fourth-order valence-electron chi connectivity index (χ4n) is 3.53. The first-order valence-electron chi connectivity index (χ1n) is 10.6. The van der Waals surface area contributed by atoms with Gasteiger partial charge in [-0.05, 0) is 48.9 Å². The molecule has 1 aliphatic rings. The number of hydrogen-bond donors (Lipinski definition) is 1. The van der Waals surface area contributed by atoms with Crippen molar-refractivity contribution < 1.29 is 14.3 Å². The molecule has 168 valence electrons. The highest BCUT2D eigenvalue weighted by atomic mass is 35.5. The van der Waals surface area contributed by atoms with Crippen LogP contribution in [0.4, 0.5) is 11.4 Å². The van der Waals surface area contributed by atoms with Crippen LogP contribution in [0.5, 0.6) is 0 Å². The van der Waals surface area contributed by atoms with Gasteiger partial charge in [-0.15, -0.1) is 11.6 Å². The van der Waals surface area contributed by atoms with Gasteiger partial charge >= 0.3 is 0 Å². The van der Waals surface area contributed by atoms with E-state index in [4.69, 9.17) is 16.3 Å². The summed E-state index contributed by atoms with van der Waals surface area (Å²) in [6.07, 6.45) is 2.56. The predicted octanol–water partition coefficient (Wildman–Crippen LogP) is 4.26. The third-order valence-corrected chi connectivity index (χ3v) is 5.23. The second-order valence-electron chi connectivity index (χ2n) is 9.49. The van der Waals surface area contributed by atoms with Crippen molar-refractivity contribution in [2.75, 3.05) is 37.5 Å². The number of ether oxygens (including phenoxy) is 1. The molecule has 0 spiro atoms. The molecular formula is C23H36ClN3O3. The minimum absolute atomic E-state index is 0.0803. The number of carbonyl (C=O) groups is 2. The largest absolute Gasteiger partial charge is 0.377 e. The highest BCUT2D eigenvalue weighted by Crippen LogP contribution is 2.27. The number of halogens is 1. The minimum atomic E-state index is -0.619. The average Bonchev–Trinajstić information content (AvgIpc) is 3.12. The van der Waals surface area contributed by atoms with Crippen molar-refractivity contribution in [1.82, 2.24) is 4.90 Å². The lowest BCUT2D eigenvalue weighted by Gasteiger charge is -2.30. The zero-order valence-corrected chi connectivity index (χ0v) is 19.9. The second-order valence-corrected chi connectivity index (χ2v) is 10.1. The van der Waals surface area contributed by atoms with Gasteiger partial charge in [0.05, 0.1) is 6.10 Å². The summed E-state index contributed by atoms with van der Waals surface area (Å²) in [4.78, 5) is 29.1. The molecule has 1 aromatic carbocycles. The molecule has 1 fully saturated rings. The molecule has 2 rings (SSSR count). The van der Waals surface area contributed by atoms with E-state index in [1.54, 1.807) is 6.92 Å². The molecule has 0 aliphatic carbocycles. The molecule has 1 heterocycles. The van der Waals surface area contributed by atoms with Crippen LogP contribution in [-0.4, -0.2) is 55.4 Å². The standard InChI is InChI=1S/C23H36ClN3O3/c1-16(24)22(29)25-18-9-10-20(26(5)6)17(12-18)14-27(15-19-8-7-11-30-19)21(28)13-23(2,3)4/h9-10,12,16,19H,7-8,11,13-15H2,1-6H3,(H,25,29)/t16-,19+/m1/s1. The molecular weight excluding hydrogens is 402 g/mol. The summed E-state index contributed by atoms with van der Waals surface area (Å²) in [5.41, 5.74) is 2.56. The molecule has 0 aromatic heterocycles. The van der Waals surface area contributed by atoms with E-state index in [0.717, 1.165) is 30.7 Å². The van der Waals surface area contributed by atoms with E-state index in [9.17, 15) is 9.59 Å². The summed E-state index contributed by atoms with van der Waals surface area (Å²) in [7, 11) is 3.94. The Morgan fingerprint density at radius 1 is 1.30 bits per heavy atom. The molecule has 0 unspecified atom stereocenters. The van der Waals surface area contributed by atoms with Gasteiger partial charge in [-0.1, -0.05) is 20.8 Å². The first kappa shape index (κ1) is 24.5. The number of nitrogens with one attached hydrogen (secondary N) is 1. The molecule has 7 heteroatoms. The number of alkyl halides is 1. The number of amides is 2. The molecule has 0 saturated carbocycles. The van der Waals surface area contributed by atoms with E-state index in [1.807, 2.05) is 42.1 Å². The van der Waals surface area contributed by atoms with Gasteiger partial charge in [-0.3, -0.25) is 9.59 Å². The van der Waals surface area contributed by atoms with E-state index in [-0.39, 0.29) is 23.3 Å². The Balaban J connectivity index is 2.30. The Hall–Kier alpha value is -1.79. The van der Waals surface area contributed by atoms with Gasteiger partial charge in [0, 0.05) is 51.6 Å². The van der Waals surface area contributed by atoms with Crippen molar-refractivity contribution in [1.29, 1.82) is 0 Å². The number of anilines is 2. The minimum Gasteiger partial charge on any atom is -0.377 e. The van der Waals surface area contributed by atoms with Gasteiger partial charge in [0.25, 0.3) is 0 Å². The Kier molecular flexibility index (Phi) is 8.56. The van der Waals surface area contributed by atoms with Gasteiger partial charge in [0.1, 0.15) is 5.38 Å². The van der Waals surface area contributed by atoms with Gasteiger partial charge in [-0.2, -0.15) is 0 Å². The summed E-state index contributed by atoms with van der Waals surface area (Å²) < 4.78 is 5.81. The van der Waals surface area contributed by atoms with Crippen molar-refractivity contribution in [3.63, 3.8) is 0 Å². The first-order valence-corrected chi connectivity index (χ1v) is 11.0. The van der Waals surface area contributed by atoms with Crippen LogP contribution in [0.1, 0.15) is 52.5 Å². The van der Waals surface area contributed by atoms with Crippen molar-refractivity contribution in [2.45, 2.75) is 65.0 Å². The zero-order chi connectivity index (χ0) is 22.5. The van der Waals surface area contributed by atoms with Crippen LogP contribution in [-0.2, 0) is 20.9 Å². The third-order valence-electron chi connectivity index (χ3n) is 5.03. The fourth-order valence-corrected chi connectivity index (χ4v) is 3.58. The smallest absolute Gasteiger partial charge is 0.242 e. The summed E-state index contributed by atoms with van der Waals surface area (Å²) >= 11 is 5.90. The highest BCUT2D eigenvalue weighted by Gasteiger charge is 2.26. The van der Waals surface area contributed by atoms with Gasteiger partial charge < -0.3 is 19.9 Å². The topological polar surface area (TPSA) is 61.9 Å². The molecule has 0 radical (unpaired) electrons. The summed E-state index contributed by atoms with van der Waals surface area (Å²) in [5, 5.41) is 2.23. The Morgan fingerprint density at radius 3 is 2.53 bits per heavy atom. The van der Waals surface area contributed by atoms with Crippen LogP contribution in [0.3, 0.4) is 0 Å². The first-order chi connectivity index (χ1) is 14.0. The lowest BCUT2D eigenvalue weighted by atomic mass is 9.91. The third kappa shape index (κ3) is 7.47. The lowest BCUT2D eigenvalue weighted by molar-refractivity contribution is -0.135. The van der Waals surface area contributed by atoms with Gasteiger partial charge in [0.15, 0.2) is 0 Å². The molecule has 6 nitrogen and oxygen atoms in total. The number of carbonyl (C=O) groups excluding carboxylic acids is 2.